The number of rotatable bonds is 6. The lowest BCUT2D eigenvalue weighted by molar-refractivity contribution is 0.466. The van der Waals surface area contributed by atoms with E-state index in [0.717, 1.165) is 55.8 Å². The van der Waals surface area contributed by atoms with Crippen LogP contribution >= 0.6 is 0 Å². The Bertz CT molecular complexity index is 1280. The molecule has 3 rings (SSSR count). The van der Waals surface area contributed by atoms with Gasteiger partial charge in [0.05, 0.1) is 5.70 Å². The van der Waals surface area contributed by atoms with Gasteiger partial charge in [-0.15, -0.1) is 0 Å². The standard InChI is InChI=1S/C31H33NO2/c1-8-24(26-13-20(3)30(33)21(4)14-26)17-27(25-11-9-19(2)10-12-25)18-29(32-7)28-15-22(5)31(34)23(6)16-28/h8-18,33-34H,7H2,1-6H3/b24-8-,27-17+,29-18-. The Morgan fingerprint density at radius 3 is 1.59 bits per heavy atom. The molecule has 0 aliphatic rings. The highest BCUT2D eigenvalue weighted by Gasteiger charge is 2.11. The molecule has 0 aliphatic heterocycles. The molecule has 0 aromatic heterocycles. The molecule has 0 spiro atoms. The molecular weight excluding hydrogens is 418 g/mol. The maximum Gasteiger partial charge on any atom is 0.121 e. The zero-order valence-corrected chi connectivity index (χ0v) is 20.9. The quantitative estimate of drug-likeness (QED) is 0.296. The molecular formula is C31H33NO2. The minimum absolute atomic E-state index is 0.302. The topological polar surface area (TPSA) is 52.8 Å². The van der Waals surface area contributed by atoms with Gasteiger partial charge in [0, 0.05) is 5.56 Å². The largest absolute Gasteiger partial charge is 0.507 e. The van der Waals surface area contributed by atoms with Gasteiger partial charge in [-0.2, -0.15) is 0 Å². The van der Waals surface area contributed by atoms with Gasteiger partial charge in [0.25, 0.3) is 0 Å². The minimum Gasteiger partial charge on any atom is -0.507 e. The van der Waals surface area contributed by atoms with Gasteiger partial charge in [0.2, 0.25) is 0 Å². The van der Waals surface area contributed by atoms with Crippen LogP contribution in [0.5, 0.6) is 11.5 Å². The van der Waals surface area contributed by atoms with Gasteiger partial charge in [-0.05, 0) is 129 Å². The van der Waals surface area contributed by atoms with Gasteiger partial charge in [-0.1, -0.05) is 35.9 Å². The highest BCUT2D eigenvalue weighted by atomic mass is 16.3. The van der Waals surface area contributed by atoms with Crippen LogP contribution in [0.3, 0.4) is 0 Å². The number of aryl methyl sites for hydroxylation is 5. The maximum atomic E-state index is 10.2. The Labute approximate surface area is 203 Å². The first kappa shape index (κ1) is 24.8. The molecule has 0 radical (unpaired) electrons. The number of benzene rings is 3. The molecule has 174 valence electrons. The summed E-state index contributed by atoms with van der Waals surface area (Å²) in [5.74, 6) is 0.633. The molecule has 3 nitrogen and oxygen atoms in total. The molecule has 3 aromatic rings. The molecule has 0 saturated heterocycles. The summed E-state index contributed by atoms with van der Waals surface area (Å²) in [6, 6.07) is 16.3. The van der Waals surface area contributed by atoms with Crippen molar-refractivity contribution < 1.29 is 10.2 Å². The third-order valence-corrected chi connectivity index (χ3v) is 6.08. The summed E-state index contributed by atoms with van der Waals surface area (Å²) in [6.07, 6.45) is 6.25. The lowest BCUT2D eigenvalue weighted by atomic mass is 9.94. The van der Waals surface area contributed by atoms with Crippen LogP contribution in [0.25, 0.3) is 16.8 Å². The average molecular weight is 452 g/mol. The van der Waals surface area contributed by atoms with Gasteiger partial charge in [-0.3, -0.25) is 4.99 Å². The number of hydrogen-bond acceptors (Lipinski definition) is 3. The molecule has 0 unspecified atom stereocenters. The Balaban J connectivity index is 2.22. The Morgan fingerprint density at radius 2 is 1.15 bits per heavy atom. The molecule has 0 saturated carbocycles. The minimum atomic E-state index is 0.302. The fraction of sp³-hybridized carbons (Fsp3) is 0.194. The SMILES string of the molecule is C=N\C(=C/C(=C\C(=C\C)c1cc(C)c(O)c(C)c1)c1ccc(C)cc1)c1cc(C)c(O)c(C)c1. The van der Waals surface area contributed by atoms with Crippen LogP contribution < -0.4 is 0 Å². The van der Waals surface area contributed by atoms with Crippen molar-refractivity contribution in [3.05, 3.63) is 111 Å². The zero-order valence-electron chi connectivity index (χ0n) is 20.9. The number of aromatic hydroxyl groups is 2. The second-order valence-corrected chi connectivity index (χ2v) is 8.81. The summed E-state index contributed by atoms with van der Waals surface area (Å²) >= 11 is 0. The van der Waals surface area contributed by atoms with Crippen LogP contribution in [0.4, 0.5) is 0 Å². The van der Waals surface area contributed by atoms with Crippen LogP contribution in [0.15, 0.2) is 71.8 Å². The van der Waals surface area contributed by atoms with Crippen LogP contribution in [-0.2, 0) is 0 Å². The van der Waals surface area contributed by atoms with E-state index < -0.39 is 0 Å². The highest BCUT2D eigenvalue weighted by molar-refractivity contribution is 5.92. The van der Waals surface area contributed by atoms with Crippen LogP contribution in [-0.4, -0.2) is 16.9 Å². The van der Waals surface area contributed by atoms with E-state index in [-0.39, 0.29) is 0 Å². The van der Waals surface area contributed by atoms with E-state index in [1.807, 2.05) is 65.0 Å². The van der Waals surface area contributed by atoms with Crippen molar-refractivity contribution in [1.82, 2.24) is 0 Å². The summed E-state index contributed by atoms with van der Waals surface area (Å²) in [7, 11) is 0. The first-order valence-electron chi connectivity index (χ1n) is 11.4. The monoisotopic (exact) mass is 451 g/mol. The van der Waals surface area contributed by atoms with Crippen molar-refractivity contribution in [3.63, 3.8) is 0 Å². The number of phenolic OH excluding ortho intramolecular Hbond substituents is 2. The van der Waals surface area contributed by atoms with E-state index in [1.165, 1.54) is 5.56 Å². The number of aliphatic imine (C=N–C) groups is 1. The molecule has 0 bridgehead atoms. The number of phenols is 2. The molecule has 34 heavy (non-hydrogen) atoms. The normalized spacial score (nSPS) is 12.7. The maximum absolute atomic E-state index is 10.2. The van der Waals surface area contributed by atoms with Gasteiger partial charge in [0.15, 0.2) is 0 Å². The summed E-state index contributed by atoms with van der Waals surface area (Å²) in [5, 5.41) is 20.4. The predicted octanol–water partition coefficient (Wildman–Crippen LogP) is 7.87. The van der Waals surface area contributed by atoms with Gasteiger partial charge in [0.1, 0.15) is 11.5 Å². The Hall–Kier alpha value is -3.85. The van der Waals surface area contributed by atoms with Crippen LogP contribution in [0.2, 0.25) is 0 Å². The first-order valence-corrected chi connectivity index (χ1v) is 11.4. The lowest BCUT2D eigenvalue weighted by Gasteiger charge is -2.13. The Morgan fingerprint density at radius 1 is 0.676 bits per heavy atom. The van der Waals surface area contributed by atoms with E-state index in [4.69, 9.17) is 0 Å². The van der Waals surface area contributed by atoms with Crippen molar-refractivity contribution in [2.24, 2.45) is 4.99 Å². The summed E-state index contributed by atoms with van der Waals surface area (Å²) in [5.41, 5.74) is 10.2. The fourth-order valence-electron chi connectivity index (χ4n) is 4.05. The molecule has 0 atom stereocenters. The predicted molar refractivity (Wildman–Crippen MR) is 145 cm³/mol. The smallest absolute Gasteiger partial charge is 0.121 e. The van der Waals surface area contributed by atoms with E-state index in [2.05, 4.69) is 55.1 Å². The van der Waals surface area contributed by atoms with Crippen LogP contribution in [0, 0.1) is 34.6 Å². The second-order valence-electron chi connectivity index (χ2n) is 8.81. The highest BCUT2D eigenvalue weighted by Crippen LogP contribution is 2.32. The van der Waals surface area contributed by atoms with E-state index in [1.54, 1.807) is 0 Å². The van der Waals surface area contributed by atoms with Crippen LogP contribution in [0.1, 0.15) is 51.4 Å². The van der Waals surface area contributed by atoms with Crippen molar-refractivity contribution in [1.29, 1.82) is 0 Å². The summed E-state index contributed by atoms with van der Waals surface area (Å²) in [6.45, 7) is 15.5. The molecule has 3 heteroatoms. The molecule has 0 aliphatic carbocycles. The van der Waals surface area contributed by atoms with E-state index in [0.29, 0.717) is 11.5 Å². The molecule has 0 amide bonds. The summed E-state index contributed by atoms with van der Waals surface area (Å²) in [4.78, 5) is 4.33. The third kappa shape index (κ3) is 5.37. The zero-order chi connectivity index (χ0) is 25.0. The lowest BCUT2D eigenvalue weighted by Crippen LogP contribution is -1.91. The average Bonchev–Trinajstić information content (AvgIpc) is 2.81. The number of nitrogens with zero attached hydrogens (tertiary/aromatic N) is 1. The van der Waals surface area contributed by atoms with Crippen molar-refractivity contribution in [2.45, 2.75) is 41.5 Å². The van der Waals surface area contributed by atoms with Crippen molar-refractivity contribution in [3.8, 4) is 11.5 Å². The van der Waals surface area contributed by atoms with E-state index >= 15 is 0 Å². The van der Waals surface area contributed by atoms with Gasteiger partial charge >= 0.3 is 0 Å². The molecule has 2 N–H and O–H groups in total. The van der Waals surface area contributed by atoms with E-state index in [9.17, 15) is 10.2 Å². The Kier molecular flexibility index (Phi) is 7.57. The second kappa shape index (κ2) is 10.4. The molecule has 3 aromatic carbocycles. The van der Waals surface area contributed by atoms with Crippen molar-refractivity contribution in [2.75, 3.05) is 0 Å². The fourth-order valence-corrected chi connectivity index (χ4v) is 4.05. The van der Waals surface area contributed by atoms with Gasteiger partial charge in [-0.25, -0.2) is 0 Å². The first-order chi connectivity index (χ1) is 16.1. The molecule has 0 fully saturated rings. The number of hydrogen-bond donors (Lipinski definition) is 2. The summed E-state index contributed by atoms with van der Waals surface area (Å²) < 4.78 is 0. The number of allylic oxidation sites excluding steroid dienone is 5. The van der Waals surface area contributed by atoms with Crippen molar-refractivity contribution >= 4 is 23.6 Å². The third-order valence-electron chi connectivity index (χ3n) is 6.08. The van der Waals surface area contributed by atoms with Gasteiger partial charge < -0.3 is 10.2 Å². The molecule has 0 heterocycles.